The van der Waals surface area contributed by atoms with E-state index in [1.165, 1.54) is 17.1 Å². The number of carbonyl (C=O) groups excluding carboxylic acids is 1. The second-order valence-corrected chi connectivity index (χ2v) is 8.04. The van der Waals surface area contributed by atoms with Gasteiger partial charge in [0.05, 0.1) is 23.1 Å². The highest BCUT2D eigenvalue weighted by Gasteiger charge is 2.35. The molecule has 33 heavy (non-hydrogen) atoms. The van der Waals surface area contributed by atoms with Crippen molar-refractivity contribution in [3.05, 3.63) is 108 Å². The topological polar surface area (TPSA) is 76.5 Å². The quantitative estimate of drug-likeness (QED) is 0.473. The van der Waals surface area contributed by atoms with E-state index in [2.05, 4.69) is 5.10 Å². The number of nitrogens with two attached hydrogens (primary N) is 1. The Morgan fingerprint density at radius 3 is 2.30 bits per heavy atom. The number of rotatable bonds is 4. The summed E-state index contributed by atoms with van der Waals surface area (Å²) in [7, 11) is 0. The summed E-state index contributed by atoms with van der Waals surface area (Å²) in [4.78, 5) is 12.3. The maximum Gasteiger partial charge on any atom is 0.335 e. The van der Waals surface area contributed by atoms with Gasteiger partial charge < -0.3 is 5.73 Å². The second kappa shape index (κ2) is 8.35. The van der Waals surface area contributed by atoms with Crippen molar-refractivity contribution in [1.82, 2.24) is 14.8 Å². The van der Waals surface area contributed by atoms with Crippen molar-refractivity contribution in [2.24, 2.45) is 10.8 Å². The Hall–Kier alpha value is -4.26. The molecule has 2 heterocycles. The van der Waals surface area contributed by atoms with Gasteiger partial charge in [-0.05, 0) is 48.9 Å². The fourth-order valence-electron chi connectivity index (χ4n) is 4.05. The number of benzene rings is 3. The summed E-state index contributed by atoms with van der Waals surface area (Å²) in [5, 5.41) is 10.7. The van der Waals surface area contributed by atoms with Gasteiger partial charge in [-0.15, -0.1) is 0 Å². The Bertz CT molecular complexity index is 1330. The average molecular weight is 439 g/mol. The first-order valence-corrected chi connectivity index (χ1v) is 10.6. The predicted molar refractivity (Wildman–Crippen MR) is 125 cm³/mol. The second-order valence-electron chi connectivity index (χ2n) is 8.04. The molecule has 164 valence electrons. The van der Waals surface area contributed by atoms with Crippen molar-refractivity contribution in [2.75, 3.05) is 0 Å². The van der Waals surface area contributed by atoms with Crippen LogP contribution in [0.3, 0.4) is 0 Å². The molecule has 0 aliphatic carbocycles. The number of para-hydroxylation sites is 1. The lowest BCUT2D eigenvalue weighted by Crippen LogP contribution is -2.32. The molecule has 0 bridgehead atoms. The van der Waals surface area contributed by atoms with Gasteiger partial charge in [-0.3, -0.25) is 0 Å². The van der Waals surface area contributed by atoms with E-state index in [0.717, 1.165) is 33.7 Å². The number of carbonyl (C=O) groups is 1. The number of hydrogen-bond donors (Lipinski definition) is 1. The normalized spacial score (nSPS) is 15.5. The molecule has 0 spiro atoms. The first kappa shape index (κ1) is 20.6. The van der Waals surface area contributed by atoms with Gasteiger partial charge in [0.1, 0.15) is 5.82 Å². The smallest absolute Gasteiger partial charge is 0.335 e. The van der Waals surface area contributed by atoms with Crippen LogP contribution in [0.15, 0.2) is 90.2 Å². The first-order valence-electron chi connectivity index (χ1n) is 10.6. The van der Waals surface area contributed by atoms with Crippen LogP contribution in [0.1, 0.15) is 29.2 Å². The Kier molecular flexibility index (Phi) is 5.22. The van der Waals surface area contributed by atoms with Gasteiger partial charge in [0, 0.05) is 23.7 Å². The van der Waals surface area contributed by atoms with Crippen molar-refractivity contribution in [1.29, 1.82) is 0 Å². The average Bonchev–Trinajstić information content (AvgIpc) is 3.46. The van der Waals surface area contributed by atoms with E-state index < -0.39 is 12.1 Å². The van der Waals surface area contributed by atoms with Crippen LogP contribution in [-0.2, 0) is 0 Å². The molecule has 6 nitrogen and oxygen atoms in total. The minimum atomic E-state index is -0.639. The van der Waals surface area contributed by atoms with Crippen LogP contribution in [0.5, 0.6) is 0 Å². The van der Waals surface area contributed by atoms with Crippen LogP contribution in [-0.4, -0.2) is 26.5 Å². The summed E-state index contributed by atoms with van der Waals surface area (Å²) >= 11 is 0. The van der Waals surface area contributed by atoms with Crippen molar-refractivity contribution < 1.29 is 9.18 Å². The van der Waals surface area contributed by atoms with E-state index >= 15 is 0 Å². The molecule has 1 aliphatic rings. The maximum atomic E-state index is 13.6. The minimum Gasteiger partial charge on any atom is -0.350 e. The van der Waals surface area contributed by atoms with Crippen LogP contribution >= 0.6 is 0 Å². The Morgan fingerprint density at radius 1 is 0.970 bits per heavy atom. The lowest BCUT2D eigenvalue weighted by Gasteiger charge is -2.19. The standard InChI is InChI=1S/C26H22FN5O/c1-17-7-9-18(10-8-17)23-15-24(32(29-23)26(28)33)22-16-31(21-5-3-2-4-6-21)30-25(22)19-11-13-20(27)14-12-19/h2-14,16,24H,15H2,1H3,(H2,28,33). The van der Waals surface area contributed by atoms with E-state index in [4.69, 9.17) is 10.8 Å². The lowest BCUT2D eigenvalue weighted by atomic mass is 9.96. The van der Waals surface area contributed by atoms with Gasteiger partial charge in [-0.2, -0.15) is 10.2 Å². The monoisotopic (exact) mass is 439 g/mol. The number of aromatic nitrogens is 2. The third kappa shape index (κ3) is 4.01. The van der Waals surface area contributed by atoms with E-state index in [-0.39, 0.29) is 5.82 Å². The van der Waals surface area contributed by atoms with Gasteiger partial charge in [-0.25, -0.2) is 18.9 Å². The summed E-state index contributed by atoms with van der Waals surface area (Å²) in [5.74, 6) is -0.326. The molecule has 2 amide bonds. The lowest BCUT2D eigenvalue weighted by molar-refractivity contribution is 0.196. The molecular formula is C26H22FN5O. The van der Waals surface area contributed by atoms with Gasteiger partial charge in [0.15, 0.2) is 0 Å². The molecule has 5 rings (SSSR count). The molecule has 0 fully saturated rings. The Balaban J connectivity index is 1.61. The van der Waals surface area contributed by atoms with Crippen LogP contribution in [0, 0.1) is 12.7 Å². The van der Waals surface area contributed by atoms with Gasteiger partial charge in [0.25, 0.3) is 0 Å². The molecule has 0 radical (unpaired) electrons. The molecular weight excluding hydrogens is 417 g/mol. The third-order valence-corrected chi connectivity index (χ3v) is 5.76. The molecule has 1 aliphatic heterocycles. The fraction of sp³-hybridized carbons (Fsp3) is 0.115. The van der Waals surface area contributed by atoms with E-state index in [1.54, 1.807) is 16.8 Å². The van der Waals surface area contributed by atoms with Gasteiger partial charge in [-0.1, -0.05) is 48.0 Å². The number of hydrazone groups is 1. The van der Waals surface area contributed by atoms with Gasteiger partial charge in [0.2, 0.25) is 0 Å². The third-order valence-electron chi connectivity index (χ3n) is 5.76. The molecule has 2 N–H and O–H groups in total. The molecule has 1 aromatic heterocycles. The van der Waals surface area contributed by atoms with Crippen LogP contribution in [0.4, 0.5) is 9.18 Å². The van der Waals surface area contributed by atoms with Crippen LogP contribution < -0.4 is 5.73 Å². The van der Waals surface area contributed by atoms with E-state index in [9.17, 15) is 9.18 Å². The molecule has 3 aromatic carbocycles. The summed E-state index contributed by atoms with van der Waals surface area (Å²) < 4.78 is 15.4. The Morgan fingerprint density at radius 2 is 1.64 bits per heavy atom. The first-order chi connectivity index (χ1) is 16.0. The summed E-state index contributed by atoms with van der Waals surface area (Å²) in [6, 6.07) is 22.8. The summed E-state index contributed by atoms with van der Waals surface area (Å²) in [6.45, 7) is 2.02. The highest BCUT2D eigenvalue weighted by atomic mass is 19.1. The minimum absolute atomic E-state index is 0.326. The number of urea groups is 1. The van der Waals surface area contributed by atoms with Crippen molar-refractivity contribution in [2.45, 2.75) is 19.4 Å². The molecule has 1 unspecified atom stereocenters. The summed E-state index contributed by atoms with van der Waals surface area (Å²) in [6.07, 6.45) is 2.38. The highest BCUT2D eigenvalue weighted by molar-refractivity contribution is 6.03. The zero-order valence-electron chi connectivity index (χ0n) is 18.0. The van der Waals surface area contributed by atoms with Crippen molar-refractivity contribution in [3.8, 4) is 16.9 Å². The Labute approximate surface area is 190 Å². The zero-order chi connectivity index (χ0) is 22.9. The van der Waals surface area contributed by atoms with Crippen molar-refractivity contribution in [3.63, 3.8) is 0 Å². The number of nitrogens with zero attached hydrogens (tertiary/aromatic N) is 4. The molecule has 0 saturated carbocycles. The number of hydrogen-bond acceptors (Lipinski definition) is 3. The van der Waals surface area contributed by atoms with Crippen LogP contribution in [0.25, 0.3) is 16.9 Å². The maximum absolute atomic E-state index is 13.6. The molecule has 7 heteroatoms. The zero-order valence-corrected chi connectivity index (χ0v) is 18.0. The van der Waals surface area contributed by atoms with Crippen LogP contribution in [0.2, 0.25) is 0 Å². The SMILES string of the molecule is Cc1ccc(C2=NN(C(N)=O)C(c3cn(-c4ccccc4)nc3-c3ccc(F)cc3)C2)cc1. The van der Waals surface area contributed by atoms with Crippen molar-refractivity contribution >= 4 is 11.7 Å². The predicted octanol–water partition coefficient (Wildman–Crippen LogP) is 5.22. The number of primary amides is 1. The molecule has 4 aromatic rings. The molecule has 0 saturated heterocycles. The number of amides is 2. The summed E-state index contributed by atoms with van der Waals surface area (Å²) in [5.41, 5.74) is 11.6. The number of halogens is 1. The fourth-order valence-corrected chi connectivity index (χ4v) is 4.05. The van der Waals surface area contributed by atoms with Gasteiger partial charge >= 0.3 is 6.03 Å². The van der Waals surface area contributed by atoms with E-state index in [0.29, 0.717) is 12.1 Å². The largest absolute Gasteiger partial charge is 0.350 e. The highest BCUT2D eigenvalue weighted by Crippen LogP contribution is 2.38. The molecule has 1 atom stereocenters. The van der Waals surface area contributed by atoms with E-state index in [1.807, 2.05) is 67.7 Å². The number of aryl methyl sites for hydroxylation is 1.